The van der Waals surface area contributed by atoms with Gasteiger partial charge in [0.1, 0.15) is 11.5 Å². The number of nitrogens with one attached hydrogen (secondary N) is 1. The quantitative estimate of drug-likeness (QED) is 0.381. The molecule has 0 fully saturated rings. The zero-order valence-electron chi connectivity index (χ0n) is 17.4. The molecule has 4 rings (SSSR count). The summed E-state index contributed by atoms with van der Waals surface area (Å²) in [6.45, 7) is 3.21. The maximum absolute atomic E-state index is 12.8. The van der Waals surface area contributed by atoms with Gasteiger partial charge in [-0.05, 0) is 50.3 Å². The summed E-state index contributed by atoms with van der Waals surface area (Å²) in [7, 11) is 0. The second-order valence-corrected chi connectivity index (χ2v) is 7.31. The van der Waals surface area contributed by atoms with Crippen LogP contribution in [0.15, 0.2) is 65.1 Å². The summed E-state index contributed by atoms with van der Waals surface area (Å²) in [5.41, 5.74) is 1.51. The van der Waals surface area contributed by atoms with Gasteiger partial charge in [0.05, 0.1) is 0 Å². The highest BCUT2D eigenvalue weighted by atomic mass is 16.5. The van der Waals surface area contributed by atoms with Gasteiger partial charge >= 0.3 is 5.97 Å². The van der Waals surface area contributed by atoms with Crippen LogP contribution in [0.3, 0.4) is 0 Å². The normalized spacial score (nSPS) is 13.4. The lowest BCUT2D eigenvalue weighted by atomic mass is 9.84. The van der Waals surface area contributed by atoms with E-state index in [0.29, 0.717) is 28.3 Å². The highest BCUT2D eigenvalue weighted by molar-refractivity contribution is 6.28. The number of fused-ring (bicyclic) bond motifs is 2. The van der Waals surface area contributed by atoms with Crippen LogP contribution in [0.1, 0.15) is 50.3 Å². The van der Waals surface area contributed by atoms with Crippen molar-refractivity contribution in [3.05, 3.63) is 94.4 Å². The molecule has 0 radical (unpaired) electrons. The first-order valence-corrected chi connectivity index (χ1v) is 9.92. The van der Waals surface area contributed by atoms with Gasteiger partial charge in [0.2, 0.25) is 0 Å². The average molecular weight is 429 g/mol. The number of carbonyl (C=O) groups is 4. The predicted octanol–water partition coefficient (Wildman–Crippen LogP) is 3.95. The topological polar surface area (TPSA) is 103 Å². The second kappa shape index (κ2) is 8.47. The fourth-order valence-corrected chi connectivity index (χ4v) is 3.38. The summed E-state index contributed by atoms with van der Waals surface area (Å²) in [6, 6.07) is 14.6. The summed E-state index contributed by atoms with van der Waals surface area (Å²) in [6.07, 6.45) is 1.53. The lowest BCUT2D eigenvalue weighted by Crippen LogP contribution is -2.29. The second-order valence-electron chi connectivity index (χ2n) is 7.31. The Kier molecular flexibility index (Phi) is 5.55. The van der Waals surface area contributed by atoms with E-state index in [9.17, 15) is 19.2 Å². The fourth-order valence-electron chi connectivity index (χ4n) is 3.38. The van der Waals surface area contributed by atoms with Gasteiger partial charge in [0.15, 0.2) is 17.7 Å². The molecule has 1 aromatic heterocycles. The van der Waals surface area contributed by atoms with E-state index in [2.05, 4.69) is 5.32 Å². The van der Waals surface area contributed by atoms with E-state index < -0.39 is 18.0 Å². The van der Waals surface area contributed by atoms with Crippen LogP contribution in [-0.4, -0.2) is 29.5 Å². The lowest BCUT2D eigenvalue weighted by Gasteiger charge is -2.18. The van der Waals surface area contributed by atoms with Crippen molar-refractivity contribution < 1.29 is 28.3 Å². The van der Waals surface area contributed by atoms with E-state index in [0.717, 1.165) is 0 Å². The van der Waals surface area contributed by atoms with Gasteiger partial charge in [-0.3, -0.25) is 14.4 Å². The van der Waals surface area contributed by atoms with E-state index in [1.807, 2.05) is 0 Å². The van der Waals surface area contributed by atoms with Crippen molar-refractivity contribution in [1.82, 2.24) is 0 Å². The van der Waals surface area contributed by atoms with Crippen LogP contribution in [0.25, 0.3) is 6.08 Å². The summed E-state index contributed by atoms with van der Waals surface area (Å²) in [4.78, 5) is 49.9. The highest BCUT2D eigenvalue weighted by Gasteiger charge is 2.29. The number of carbonyl (C=O) groups excluding carboxylic acids is 4. The fraction of sp³-hybridized carbons (Fsp3) is 0.120. The minimum atomic E-state index is -1.08. The Morgan fingerprint density at radius 3 is 2.25 bits per heavy atom. The molecule has 1 heterocycles. The van der Waals surface area contributed by atoms with Gasteiger partial charge in [-0.25, -0.2) is 4.79 Å². The molecule has 1 N–H and O–H groups in total. The number of furan rings is 1. The standard InChI is InChI=1S/C25H19NO6/c1-14-7-9-17(31-14)10-12-22(27)32-15(2)25(30)26-16-8-11-20-21(13-16)24(29)19-6-4-3-5-18(19)23(20)28/h3-13,15H,1-2H3,(H,26,30). The van der Waals surface area contributed by atoms with E-state index in [-0.39, 0.29) is 22.7 Å². The number of amides is 1. The first-order valence-electron chi connectivity index (χ1n) is 9.92. The van der Waals surface area contributed by atoms with Crippen LogP contribution >= 0.6 is 0 Å². The van der Waals surface area contributed by atoms with Crippen molar-refractivity contribution in [3.8, 4) is 0 Å². The Bertz CT molecular complexity index is 1280. The molecule has 3 aromatic rings. The Balaban J connectivity index is 1.43. The van der Waals surface area contributed by atoms with Crippen LogP contribution < -0.4 is 5.32 Å². The zero-order chi connectivity index (χ0) is 22.8. The third-order valence-corrected chi connectivity index (χ3v) is 5.00. The average Bonchev–Trinajstić information content (AvgIpc) is 3.21. The van der Waals surface area contributed by atoms with Crippen LogP contribution in [0.2, 0.25) is 0 Å². The maximum atomic E-state index is 12.8. The van der Waals surface area contributed by atoms with Gasteiger partial charge in [0, 0.05) is 34.0 Å². The zero-order valence-corrected chi connectivity index (χ0v) is 17.4. The number of hydrogen-bond acceptors (Lipinski definition) is 6. The van der Waals surface area contributed by atoms with Crippen molar-refractivity contribution >= 4 is 35.2 Å². The number of aryl methyl sites for hydroxylation is 1. The molecule has 7 nitrogen and oxygen atoms in total. The molecule has 1 aliphatic rings. The number of rotatable bonds is 5. The summed E-state index contributed by atoms with van der Waals surface area (Å²) in [5.74, 6) is -0.607. The molecule has 7 heteroatoms. The Morgan fingerprint density at radius 1 is 0.938 bits per heavy atom. The molecule has 0 bridgehead atoms. The van der Waals surface area contributed by atoms with Gasteiger partial charge < -0.3 is 14.5 Å². The largest absolute Gasteiger partial charge is 0.462 e. The highest BCUT2D eigenvalue weighted by Crippen LogP contribution is 2.29. The minimum Gasteiger partial charge on any atom is -0.462 e. The molecule has 160 valence electrons. The van der Waals surface area contributed by atoms with Crippen LogP contribution in [0, 0.1) is 6.92 Å². The Labute approximate surface area is 183 Å². The molecule has 1 atom stereocenters. The minimum absolute atomic E-state index is 0.216. The van der Waals surface area contributed by atoms with Crippen molar-refractivity contribution in [2.24, 2.45) is 0 Å². The Morgan fingerprint density at radius 2 is 1.59 bits per heavy atom. The van der Waals surface area contributed by atoms with Crippen molar-refractivity contribution in [1.29, 1.82) is 0 Å². The Hall–Kier alpha value is -4.26. The number of benzene rings is 2. The van der Waals surface area contributed by atoms with Gasteiger partial charge in [-0.15, -0.1) is 0 Å². The number of ketones is 2. The molecule has 2 aromatic carbocycles. The molecule has 0 aliphatic heterocycles. The van der Waals surface area contributed by atoms with Crippen LogP contribution in [0.5, 0.6) is 0 Å². The monoisotopic (exact) mass is 429 g/mol. The number of anilines is 1. The van der Waals surface area contributed by atoms with Gasteiger partial charge in [-0.2, -0.15) is 0 Å². The van der Waals surface area contributed by atoms with E-state index in [1.54, 1.807) is 43.3 Å². The molecule has 0 saturated carbocycles. The summed E-state index contributed by atoms with van der Waals surface area (Å²) in [5, 5.41) is 2.61. The third kappa shape index (κ3) is 4.13. The molecule has 0 saturated heterocycles. The van der Waals surface area contributed by atoms with Gasteiger partial charge in [0.25, 0.3) is 5.91 Å². The van der Waals surface area contributed by atoms with Crippen molar-refractivity contribution in [2.75, 3.05) is 5.32 Å². The number of esters is 1. The first kappa shape index (κ1) is 21.0. The third-order valence-electron chi connectivity index (χ3n) is 5.00. The maximum Gasteiger partial charge on any atom is 0.331 e. The van der Waals surface area contributed by atoms with E-state index in [4.69, 9.17) is 9.15 Å². The SMILES string of the molecule is Cc1ccc(C=CC(=O)OC(C)C(=O)Nc2ccc3c(c2)C(=O)c2ccccc2C3=O)o1. The molecular weight excluding hydrogens is 410 g/mol. The van der Waals surface area contributed by atoms with Crippen molar-refractivity contribution in [3.63, 3.8) is 0 Å². The predicted molar refractivity (Wildman–Crippen MR) is 116 cm³/mol. The number of hydrogen-bond donors (Lipinski definition) is 1. The first-order chi connectivity index (χ1) is 15.3. The molecule has 32 heavy (non-hydrogen) atoms. The molecule has 1 unspecified atom stereocenters. The number of ether oxygens (including phenoxy) is 1. The van der Waals surface area contributed by atoms with Crippen molar-refractivity contribution in [2.45, 2.75) is 20.0 Å². The molecule has 1 aliphatic carbocycles. The lowest BCUT2D eigenvalue weighted by molar-refractivity contribution is -0.148. The van der Waals surface area contributed by atoms with E-state index in [1.165, 1.54) is 37.3 Å². The van der Waals surface area contributed by atoms with Gasteiger partial charge in [-0.1, -0.05) is 24.3 Å². The summed E-state index contributed by atoms with van der Waals surface area (Å²) < 4.78 is 10.4. The molecule has 0 spiro atoms. The molecular formula is C25H19NO6. The summed E-state index contributed by atoms with van der Waals surface area (Å²) >= 11 is 0. The molecule has 1 amide bonds. The smallest absolute Gasteiger partial charge is 0.331 e. The van der Waals surface area contributed by atoms with Crippen LogP contribution in [-0.2, 0) is 14.3 Å². The van der Waals surface area contributed by atoms with Crippen LogP contribution in [0.4, 0.5) is 5.69 Å². The van der Waals surface area contributed by atoms with E-state index >= 15 is 0 Å².